The first-order chi connectivity index (χ1) is 13.9. The fourth-order valence-electron chi connectivity index (χ4n) is 3.83. The third kappa shape index (κ3) is 4.04. The molecule has 1 aliphatic rings. The summed E-state index contributed by atoms with van der Waals surface area (Å²) in [6.07, 6.45) is 2.29. The summed E-state index contributed by atoms with van der Waals surface area (Å²) in [5.41, 5.74) is 10.4. The van der Waals surface area contributed by atoms with Crippen LogP contribution in [0.2, 0.25) is 0 Å². The molecular weight excluding hydrogens is 362 g/mol. The minimum absolute atomic E-state index is 0.00272. The lowest BCUT2D eigenvalue weighted by molar-refractivity contribution is -0.126. The van der Waals surface area contributed by atoms with Crippen molar-refractivity contribution in [1.29, 1.82) is 0 Å². The molecule has 1 N–H and O–H groups in total. The number of aromatic nitrogens is 2. The van der Waals surface area contributed by atoms with Crippen molar-refractivity contribution in [2.45, 2.75) is 27.2 Å². The second-order valence-electron chi connectivity index (χ2n) is 8.09. The van der Waals surface area contributed by atoms with Crippen LogP contribution in [0, 0.1) is 20.8 Å². The fraction of sp³-hybridized carbons (Fsp3) is 0.391. The predicted molar refractivity (Wildman–Crippen MR) is 116 cm³/mol. The number of carbonyl (C=O) groups excluding carboxylic acids is 1. The van der Waals surface area contributed by atoms with Crippen LogP contribution in [0.5, 0.6) is 0 Å². The lowest BCUT2D eigenvalue weighted by atomic mass is 10.0. The van der Waals surface area contributed by atoms with E-state index in [2.05, 4.69) is 66.8 Å². The first kappa shape index (κ1) is 19.6. The number of carbonyl (C=O) groups is 1. The van der Waals surface area contributed by atoms with Gasteiger partial charge in [-0.1, -0.05) is 18.2 Å². The van der Waals surface area contributed by atoms with Gasteiger partial charge in [-0.25, -0.2) is 9.99 Å². The zero-order chi connectivity index (χ0) is 20.5. The molecule has 2 aromatic heterocycles. The van der Waals surface area contributed by atoms with Gasteiger partial charge in [0.1, 0.15) is 5.65 Å². The molecule has 1 amide bonds. The molecule has 0 spiro atoms. The van der Waals surface area contributed by atoms with Gasteiger partial charge in [0.25, 0.3) is 0 Å². The highest BCUT2D eigenvalue weighted by Crippen LogP contribution is 2.28. The highest BCUT2D eigenvalue weighted by molar-refractivity contribution is 5.81. The van der Waals surface area contributed by atoms with Crippen LogP contribution < -0.4 is 5.43 Å². The molecule has 0 atom stereocenters. The number of hydrogen-bond donors (Lipinski definition) is 1. The lowest BCUT2D eigenvalue weighted by Gasteiger charge is -2.32. The van der Waals surface area contributed by atoms with Crippen molar-refractivity contribution in [2.75, 3.05) is 33.2 Å². The summed E-state index contributed by atoms with van der Waals surface area (Å²) in [5.74, 6) is 0.00272. The number of imidazole rings is 1. The van der Waals surface area contributed by atoms with Gasteiger partial charge < -0.3 is 9.30 Å². The smallest absolute Gasteiger partial charge is 0.240 e. The number of hydrogen-bond acceptors (Lipinski definition) is 4. The molecular formula is C23H29N5O. The average Bonchev–Trinajstić information content (AvgIpc) is 3.06. The van der Waals surface area contributed by atoms with Gasteiger partial charge in [0.2, 0.25) is 5.91 Å². The van der Waals surface area contributed by atoms with Crippen LogP contribution in [0.3, 0.4) is 0 Å². The normalized spacial score (nSPS) is 15.7. The van der Waals surface area contributed by atoms with Crippen molar-refractivity contribution in [1.82, 2.24) is 24.7 Å². The minimum atomic E-state index is 0.00272. The number of amides is 1. The molecule has 0 radical (unpaired) electrons. The van der Waals surface area contributed by atoms with E-state index < -0.39 is 0 Å². The van der Waals surface area contributed by atoms with Crippen molar-refractivity contribution < 1.29 is 4.79 Å². The Hall–Kier alpha value is -2.70. The minimum Gasteiger partial charge on any atom is -0.304 e. The highest BCUT2D eigenvalue weighted by atomic mass is 16.2. The number of likely N-dealkylation sites (N-methyl/N-ethyl adjacent to an activating group) is 1. The third-order valence-corrected chi connectivity index (χ3v) is 5.84. The Morgan fingerprint density at radius 3 is 2.52 bits per heavy atom. The summed E-state index contributed by atoms with van der Waals surface area (Å²) in [6.45, 7) is 9.89. The quantitative estimate of drug-likeness (QED) is 0.743. The average molecular weight is 392 g/mol. The summed E-state index contributed by atoms with van der Waals surface area (Å²) in [6, 6.07) is 10.4. The Kier molecular flexibility index (Phi) is 5.39. The SMILES string of the molecule is Cc1ccc(-c2nc3c(C)cccn3c2CC(=O)NN2CCN(C)CC2)cc1C. The van der Waals surface area contributed by atoms with Crippen molar-refractivity contribution in [3.05, 3.63) is 58.9 Å². The maximum atomic E-state index is 12.9. The van der Waals surface area contributed by atoms with Crippen LogP contribution in [0.4, 0.5) is 0 Å². The molecule has 29 heavy (non-hydrogen) atoms. The molecule has 1 fully saturated rings. The zero-order valence-electron chi connectivity index (χ0n) is 17.7. The van der Waals surface area contributed by atoms with Crippen LogP contribution in [0.25, 0.3) is 16.9 Å². The Labute approximate surface area is 172 Å². The highest BCUT2D eigenvalue weighted by Gasteiger charge is 2.21. The van der Waals surface area contributed by atoms with Crippen LogP contribution in [-0.2, 0) is 11.2 Å². The number of nitrogens with one attached hydrogen (secondary N) is 1. The van der Waals surface area contributed by atoms with E-state index in [-0.39, 0.29) is 5.91 Å². The number of aryl methyl sites for hydroxylation is 3. The first-order valence-corrected chi connectivity index (χ1v) is 10.2. The maximum absolute atomic E-state index is 12.9. The summed E-state index contributed by atoms with van der Waals surface area (Å²) in [7, 11) is 2.11. The second kappa shape index (κ2) is 7.97. The molecule has 6 heteroatoms. The van der Waals surface area contributed by atoms with E-state index in [1.807, 2.05) is 17.3 Å². The molecule has 0 unspecified atom stereocenters. The third-order valence-electron chi connectivity index (χ3n) is 5.84. The van der Waals surface area contributed by atoms with Gasteiger partial charge in [-0.15, -0.1) is 0 Å². The molecule has 0 aliphatic carbocycles. The number of piperazine rings is 1. The number of benzene rings is 1. The Morgan fingerprint density at radius 1 is 1.03 bits per heavy atom. The van der Waals surface area contributed by atoms with Crippen molar-refractivity contribution in [3.63, 3.8) is 0 Å². The van der Waals surface area contributed by atoms with E-state index in [0.29, 0.717) is 6.42 Å². The second-order valence-corrected chi connectivity index (χ2v) is 8.09. The van der Waals surface area contributed by atoms with E-state index in [9.17, 15) is 4.79 Å². The van der Waals surface area contributed by atoms with Gasteiger partial charge in [0.15, 0.2) is 0 Å². The van der Waals surface area contributed by atoms with E-state index in [4.69, 9.17) is 4.98 Å². The van der Waals surface area contributed by atoms with Crippen molar-refractivity contribution in [3.8, 4) is 11.3 Å². The summed E-state index contributed by atoms with van der Waals surface area (Å²) >= 11 is 0. The molecule has 1 saturated heterocycles. The van der Waals surface area contributed by atoms with E-state index in [0.717, 1.165) is 54.3 Å². The zero-order valence-corrected chi connectivity index (χ0v) is 17.7. The van der Waals surface area contributed by atoms with Crippen molar-refractivity contribution in [2.24, 2.45) is 0 Å². The number of fused-ring (bicyclic) bond motifs is 1. The van der Waals surface area contributed by atoms with Gasteiger partial charge >= 0.3 is 0 Å². The molecule has 4 rings (SSSR count). The Bertz CT molecular complexity index is 1050. The Morgan fingerprint density at radius 2 is 1.79 bits per heavy atom. The van der Waals surface area contributed by atoms with Crippen LogP contribution in [0.15, 0.2) is 36.5 Å². The number of hydrazine groups is 1. The molecule has 1 aliphatic heterocycles. The molecule has 1 aromatic carbocycles. The number of pyridine rings is 1. The van der Waals surface area contributed by atoms with Gasteiger partial charge in [-0.05, 0) is 56.6 Å². The fourth-order valence-corrected chi connectivity index (χ4v) is 3.83. The monoisotopic (exact) mass is 391 g/mol. The van der Waals surface area contributed by atoms with Crippen LogP contribution in [-0.4, -0.2) is 58.4 Å². The van der Waals surface area contributed by atoms with Gasteiger partial charge in [-0.2, -0.15) is 0 Å². The summed E-state index contributed by atoms with van der Waals surface area (Å²) in [4.78, 5) is 20.1. The lowest BCUT2D eigenvalue weighted by Crippen LogP contribution is -2.52. The number of nitrogens with zero attached hydrogens (tertiary/aromatic N) is 4. The van der Waals surface area contributed by atoms with E-state index >= 15 is 0 Å². The van der Waals surface area contributed by atoms with E-state index in [1.54, 1.807) is 0 Å². The topological polar surface area (TPSA) is 52.9 Å². The van der Waals surface area contributed by atoms with Crippen LogP contribution in [0.1, 0.15) is 22.4 Å². The largest absolute Gasteiger partial charge is 0.304 e. The predicted octanol–water partition coefficient (Wildman–Crippen LogP) is 2.75. The Balaban J connectivity index is 1.67. The molecule has 3 heterocycles. The number of rotatable bonds is 4. The maximum Gasteiger partial charge on any atom is 0.240 e. The van der Waals surface area contributed by atoms with E-state index in [1.165, 1.54) is 11.1 Å². The molecule has 0 bridgehead atoms. The molecule has 0 saturated carbocycles. The molecule has 3 aromatic rings. The van der Waals surface area contributed by atoms with Gasteiger partial charge in [0.05, 0.1) is 17.8 Å². The first-order valence-electron chi connectivity index (χ1n) is 10.2. The van der Waals surface area contributed by atoms with Crippen LogP contribution >= 0.6 is 0 Å². The van der Waals surface area contributed by atoms with Gasteiger partial charge in [0, 0.05) is 37.9 Å². The van der Waals surface area contributed by atoms with Crippen molar-refractivity contribution >= 4 is 11.6 Å². The summed E-state index contributed by atoms with van der Waals surface area (Å²) < 4.78 is 2.06. The molecule has 152 valence electrons. The summed E-state index contributed by atoms with van der Waals surface area (Å²) in [5, 5.41) is 2.02. The van der Waals surface area contributed by atoms with Gasteiger partial charge in [-0.3, -0.25) is 10.2 Å². The molecule has 6 nitrogen and oxygen atoms in total. The standard InChI is InChI=1S/C23H29N5O/c1-16-7-8-19(14-18(16)3)22-20(28-9-5-6-17(2)23(28)24-22)15-21(29)25-27-12-10-26(4)11-13-27/h5-9,14H,10-13,15H2,1-4H3,(H,25,29).